The van der Waals surface area contributed by atoms with Crippen LogP contribution in [-0.2, 0) is 10.4 Å². The van der Waals surface area contributed by atoms with E-state index in [2.05, 4.69) is 10.6 Å². The number of anilines is 1. The van der Waals surface area contributed by atoms with Gasteiger partial charge in [-0.3, -0.25) is 4.79 Å². The summed E-state index contributed by atoms with van der Waals surface area (Å²) in [6.07, 6.45) is 0. The van der Waals surface area contributed by atoms with Crippen molar-refractivity contribution in [2.24, 2.45) is 0 Å². The second-order valence-electron chi connectivity index (χ2n) is 6.18. The molecule has 6 heteroatoms. The minimum atomic E-state index is -1.87. The number of carbonyl (C=O) groups excluding carboxylic acids is 2. The Hall–Kier alpha value is -3.15. The number of aliphatic hydroxyl groups is 1. The molecule has 3 rings (SSSR count). The number of carbonyl (C=O) groups is 2. The number of ketones is 1. The Balaban J connectivity index is 1.76. The maximum atomic E-state index is 13.0. The molecule has 0 aliphatic heterocycles. The molecule has 5 nitrogen and oxygen atoms in total. The van der Waals surface area contributed by atoms with Gasteiger partial charge in [-0.25, -0.2) is 4.79 Å². The molecule has 28 heavy (non-hydrogen) atoms. The normalized spacial score (nSPS) is 10.9. The average Bonchev–Trinajstić information content (AvgIpc) is 2.72. The molecule has 3 aromatic rings. The van der Waals surface area contributed by atoms with E-state index in [9.17, 15) is 14.7 Å². The van der Waals surface area contributed by atoms with Gasteiger partial charge in [0.15, 0.2) is 11.4 Å². The fraction of sp³-hybridized carbons (Fsp3) is 0.0909. The van der Waals surface area contributed by atoms with Gasteiger partial charge in [0.05, 0.1) is 6.54 Å². The summed E-state index contributed by atoms with van der Waals surface area (Å²) in [5.41, 5.74) is -0.503. The summed E-state index contributed by atoms with van der Waals surface area (Å²) in [6.45, 7) is -0.354. The van der Waals surface area contributed by atoms with Crippen LogP contribution in [-0.4, -0.2) is 23.5 Å². The lowest BCUT2D eigenvalue weighted by Crippen LogP contribution is -2.44. The van der Waals surface area contributed by atoms with Crippen molar-refractivity contribution in [1.82, 2.24) is 5.32 Å². The maximum absolute atomic E-state index is 13.0. The second-order valence-corrected chi connectivity index (χ2v) is 6.62. The first-order valence-electron chi connectivity index (χ1n) is 8.67. The van der Waals surface area contributed by atoms with Crippen LogP contribution in [0, 0.1) is 0 Å². The smallest absolute Gasteiger partial charge is 0.319 e. The van der Waals surface area contributed by atoms with Gasteiger partial charge in [0.2, 0.25) is 0 Å². The average molecular weight is 395 g/mol. The fourth-order valence-electron chi connectivity index (χ4n) is 2.88. The topological polar surface area (TPSA) is 78.4 Å². The van der Waals surface area contributed by atoms with Gasteiger partial charge in [0.25, 0.3) is 0 Å². The Morgan fingerprint density at radius 2 is 1.43 bits per heavy atom. The minimum absolute atomic E-state index is 0.354. The highest BCUT2D eigenvalue weighted by atomic mass is 35.5. The highest BCUT2D eigenvalue weighted by molar-refractivity contribution is 6.30. The van der Waals surface area contributed by atoms with Crippen LogP contribution in [0.5, 0.6) is 0 Å². The van der Waals surface area contributed by atoms with Crippen LogP contribution in [0.15, 0.2) is 84.9 Å². The molecule has 0 bridgehead atoms. The predicted octanol–water partition coefficient (Wildman–Crippen LogP) is 3.97. The molecule has 0 aliphatic rings. The fourth-order valence-corrected chi connectivity index (χ4v) is 3.07. The summed E-state index contributed by atoms with van der Waals surface area (Å²) >= 11 is 5.89. The largest absolute Gasteiger partial charge is 0.373 e. The van der Waals surface area contributed by atoms with E-state index in [1.807, 2.05) is 0 Å². The van der Waals surface area contributed by atoms with E-state index in [0.29, 0.717) is 21.8 Å². The first-order chi connectivity index (χ1) is 13.5. The van der Waals surface area contributed by atoms with Gasteiger partial charge in [-0.2, -0.15) is 0 Å². The molecule has 3 N–H and O–H groups in total. The molecule has 0 unspecified atom stereocenters. The number of amides is 2. The maximum Gasteiger partial charge on any atom is 0.319 e. The molecule has 3 aromatic carbocycles. The molecule has 142 valence electrons. The SMILES string of the molecule is O=C(NCC(=O)C(O)(c1ccccc1)c1ccccc1)Nc1cccc(Cl)c1. The molecule has 0 spiro atoms. The number of hydrogen-bond donors (Lipinski definition) is 3. The van der Waals surface area contributed by atoms with Crippen LogP contribution in [0.2, 0.25) is 5.02 Å². The summed E-state index contributed by atoms with van der Waals surface area (Å²) in [5, 5.41) is 16.9. The van der Waals surface area contributed by atoms with Crippen molar-refractivity contribution in [1.29, 1.82) is 0 Å². The van der Waals surface area contributed by atoms with Crippen LogP contribution >= 0.6 is 11.6 Å². The van der Waals surface area contributed by atoms with Crippen LogP contribution in [0.1, 0.15) is 11.1 Å². The van der Waals surface area contributed by atoms with Crippen molar-refractivity contribution < 1.29 is 14.7 Å². The Morgan fingerprint density at radius 3 is 1.96 bits per heavy atom. The Kier molecular flexibility index (Phi) is 6.09. The zero-order chi connectivity index (χ0) is 20.0. The van der Waals surface area contributed by atoms with Crippen LogP contribution in [0.25, 0.3) is 0 Å². The van der Waals surface area contributed by atoms with E-state index >= 15 is 0 Å². The lowest BCUT2D eigenvalue weighted by molar-refractivity contribution is -0.133. The molecular weight excluding hydrogens is 376 g/mol. The molecular formula is C22H19ClN2O3. The van der Waals surface area contributed by atoms with E-state index in [4.69, 9.17) is 11.6 Å². The van der Waals surface area contributed by atoms with Gasteiger partial charge < -0.3 is 15.7 Å². The Labute approximate surface area is 168 Å². The first-order valence-corrected chi connectivity index (χ1v) is 9.05. The number of benzene rings is 3. The minimum Gasteiger partial charge on any atom is -0.373 e. The van der Waals surface area contributed by atoms with E-state index in [-0.39, 0.29) is 6.54 Å². The Bertz CT molecular complexity index is 922. The third kappa shape index (κ3) is 4.39. The highest BCUT2D eigenvalue weighted by Gasteiger charge is 2.39. The van der Waals surface area contributed by atoms with Gasteiger partial charge in [-0.05, 0) is 29.3 Å². The van der Waals surface area contributed by atoms with E-state index in [1.54, 1.807) is 84.9 Å². The van der Waals surface area contributed by atoms with E-state index in [1.165, 1.54) is 0 Å². The summed E-state index contributed by atoms with van der Waals surface area (Å²) in [7, 11) is 0. The quantitative estimate of drug-likeness (QED) is 0.592. The number of rotatable bonds is 6. The van der Waals surface area contributed by atoms with Gasteiger partial charge in [-0.1, -0.05) is 78.3 Å². The standard InChI is InChI=1S/C22H19ClN2O3/c23-18-12-7-13-19(14-18)25-21(27)24-15-20(26)22(28,16-8-3-1-4-9-16)17-10-5-2-6-11-17/h1-14,28H,15H2,(H2,24,25,27). The molecule has 2 amide bonds. The van der Waals surface area contributed by atoms with Crippen LogP contribution in [0.3, 0.4) is 0 Å². The lowest BCUT2D eigenvalue weighted by atomic mass is 9.82. The van der Waals surface area contributed by atoms with Crippen molar-refractivity contribution in [3.63, 3.8) is 0 Å². The van der Waals surface area contributed by atoms with Crippen molar-refractivity contribution in [3.8, 4) is 0 Å². The predicted molar refractivity (Wildman–Crippen MR) is 109 cm³/mol. The monoisotopic (exact) mass is 394 g/mol. The van der Waals surface area contributed by atoms with Gasteiger partial charge in [0.1, 0.15) is 0 Å². The molecule has 0 saturated heterocycles. The van der Waals surface area contributed by atoms with Gasteiger partial charge in [-0.15, -0.1) is 0 Å². The molecule has 0 heterocycles. The van der Waals surface area contributed by atoms with E-state index in [0.717, 1.165) is 0 Å². The van der Waals surface area contributed by atoms with E-state index < -0.39 is 17.4 Å². The summed E-state index contributed by atoms with van der Waals surface area (Å²) in [5.74, 6) is -0.550. The number of Topliss-reactive ketones (excluding diaryl/α,β-unsaturated/α-hetero) is 1. The van der Waals surface area contributed by atoms with Crippen molar-refractivity contribution in [3.05, 3.63) is 101 Å². The molecule has 0 aromatic heterocycles. The van der Waals surface area contributed by atoms with Crippen molar-refractivity contribution in [2.45, 2.75) is 5.60 Å². The number of urea groups is 1. The zero-order valence-corrected chi connectivity index (χ0v) is 15.7. The molecule has 0 radical (unpaired) electrons. The van der Waals surface area contributed by atoms with Crippen LogP contribution < -0.4 is 10.6 Å². The first kappa shape index (κ1) is 19.6. The molecule has 0 fully saturated rings. The summed E-state index contributed by atoms with van der Waals surface area (Å²) in [6, 6.07) is 23.4. The third-order valence-corrected chi connectivity index (χ3v) is 4.51. The summed E-state index contributed by atoms with van der Waals surface area (Å²) in [4.78, 5) is 25.1. The van der Waals surface area contributed by atoms with Gasteiger partial charge >= 0.3 is 6.03 Å². The number of halogens is 1. The molecule has 0 atom stereocenters. The molecule has 0 aliphatic carbocycles. The summed E-state index contributed by atoms with van der Waals surface area (Å²) < 4.78 is 0. The zero-order valence-electron chi connectivity index (χ0n) is 14.9. The van der Waals surface area contributed by atoms with Crippen LogP contribution in [0.4, 0.5) is 10.5 Å². The number of hydrogen-bond acceptors (Lipinski definition) is 3. The second kappa shape index (κ2) is 8.69. The number of nitrogens with one attached hydrogen (secondary N) is 2. The van der Waals surface area contributed by atoms with Crippen molar-refractivity contribution in [2.75, 3.05) is 11.9 Å². The lowest BCUT2D eigenvalue weighted by Gasteiger charge is -2.28. The third-order valence-electron chi connectivity index (χ3n) is 4.28. The van der Waals surface area contributed by atoms with Crippen molar-refractivity contribution >= 4 is 29.1 Å². The van der Waals surface area contributed by atoms with Gasteiger partial charge in [0, 0.05) is 10.7 Å². The Morgan fingerprint density at radius 1 is 0.857 bits per heavy atom. The molecule has 0 saturated carbocycles. The highest BCUT2D eigenvalue weighted by Crippen LogP contribution is 2.30.